The van der Waals surface area contributed by atoms with Crippen molar-refractivity contribution in [3.05, 3.63) is 41.7 Å². The highest BCUT2D eigenvalue weighted by Gasteiger charge is 2.48. The first-order chi connectivity index (χ1) is 7.15. The van der Waals surface area contributed by atoms with E-state index in [1.165, 1.54) is 0 Å². The first kappa shape index (κ1) is 10.1. The van der Waals surface area contributed by atoms with Crippen molar-refractivity contribution in [3.63, 3.8) is 0 Å². The lowest BCUT2D eigenvalue weighted by Gasteiger charge is -2.32. The molecular weight excluding hydrogens is 198 g/mol. The summed E-state index contributed by atoms with van der Waals surface area (Å²) in [6.07, 6.45) is -0.216. The molecule has 0 saturated heterocycles. The molecule has 0 amide bonds. The van der Waals surface area contributed by atoms with Gasteiger partial charge in [-0.15, -0.1) is 0 Å². The van der Waals surface area contributed by atoms with E-state index in [0.29, 0.717) is 5.57 Å². The Morgan fingerprint density at radius 2 is 1.93 bits per heavy atom. The molecule has 0 saturated carbocycles. The van der Waals surface area contributed by atoms with Crippen LogP contribution in [0.15, 0.2) is 36.1 Å². The Balaban J connectivity index is 2.34. The standard InChI is InChI=1S/C12H12F2O/c1-2-15-11-10(8-12(11,13)14)9-6-4-3-5-7-9/h3-7H,2,8H2,1H3. The lowest BCUT2D eigenvalue weighted by Crippen LogP contribution is -2.32. The Hall–Kier alpha value is -1.38. The summed E-state index contributed by atoms with van der Waals surface area (Å²) < 4.78 is 31.3. The van der Waals surface area contributed by atoms with Gasteiger partial charge in [-0.25, -0.2) is 0 Å². The topological polar surface area (TPSA) is 9.23 Å². The minimum Gasteiger partial charge on any atom is -0.492 e. The van der Waals surface area contributed by atoms with Gasteiger partial charge in [0.1, 0.15) is 0 Å². The smallest absolute Gasteiger partial charge is 0.308 e. The SMILES string of the molecule is CCOC1=C(c2ccccc2)CC1(F)F. The number of ether oxygens (including phenoxy) is 1. The summed E-state index contributed by atoms with van der Waals surface area (Å²) in [6.45, 7) is 1.99. The van der Waals surface area contributed by atoms with Crippen molar-refractivity contribution in [1.29, 1.82) is 0 Å². The van der Waals surface area contributed by atoms with Gasteiger partial charge >= 0.3 is 5.92 Å². The lowest BCUT2D eigenvalue weighted by atomic mass is 9.86. The number of hydrogen-bond donors (Lipinski definition) is 0. The summed E-state index contributed by atoms with van der Waals surface area (Å²) in [4.78, 5) is 0. The quantitative estimate of drug-likeness (QED) is 0.742. The minimum absolute atomic E-state index is 0.156. The van der Waals surface area contributed by atoms with E-state index in [1.807, 2.05) is 30.3 Å². The van der Waals surface area contributed by atoms with Gasteiger partial charge in [-0.05, 0) is 12.5 Å². The van der Waals surface area contributed by atoms with Gasteiger partial charge in [0, 0.05) is 12.0 Å². The van der Waals surface area contributed by atoms with Crippen LogP contribution in [0.3, 0.4) is 0 Å². The van der Waals surface area contributed by atoms with E-state index in [4.69, 9.17) is 4.74 Å². The number of rotatable bonds is 3. The van der Waals surface area contributed by atoms with Crippen molar-refractivity contribution in [2.45, 2.75) is 19.3 Å². The van der Waals surface area contributed by atoms with Crippen LogP contribution in [0.2, 0.25) is 0 Å². The van der Waals surface area contributed by atoms with Gasteiger partial charge in [-0.3, -0.25) is 0 Å². The molecule has 80 valence electrons. The summed E-state index contributed by atoms with van der Waals surface area (Å²) in [5.41, 5.74) is 1.45. The van der Waals surface area contributed by atoms with Crippen LogP contribution in [-0.4, -0.2) is 12.5 Å². The zero-order chi connectivity index (χ0) is 10.9. The second kappa shape index (κ2) is 3.65. The lowest BCUT2D eigenvalue weighted by molar-refractivity contribution is -0.0349. The molecule has 0 bridgehead atoms. The molecule has 1 aromatic rings. The average molecular weight is 210 g/mol. The Morgan fingerprint density at radius 1 is 1.27 bits per heavy atom. The molecule has 0 heterocycles. The largest absolute Gasteiger partial charge is 0.492 e. The van der Waals surface area contributed by atoms with Gasteiger partial charge in [0.15, 0.2) is 5.76 Å². The van der Waals surface area contributed by atoms with Crippen LogP contribution in [0.5, 0.6) is 0 Å². The Morgan fingerprint density at radius 3 is 2.47 bits per heavy atom. The van der Waals surface area contributed by atoms with E-state index in [1.54, 1.807) is 6.92 Å². The third-order valence-electron chi connectivity index (χ3n) is 2.42. The van der Waals surface area contributed by atoms with Crippen LogP contribution >= 0.6 is 0 Å². The molecule has 0 fully saturated rings. The molecule has 0 aliphatic heterocycles. The molecule has 15 heavy (non-hydrogen) atoms. The zero-order valence-corrected chi connectivity index (χ0v) is 8.47. The molecule has 0 spiro atoms. The molecule has 0 N–H and O–H groups in total. The first-order valence-corrected chi connectivity index (χ1v) is 4.95. The van der Waals surface area contributed by atoms with Crippen molar-refractivity contribution < 1.29 is 13.5 Å². The predicted octanol–water partition coefficient (Wildman–Crippen LogP) is 3.47. The van der Waals surface area contributed by atoms with E-state index in [2.05, 4.69) is 0 Å². The summed E-state index contributed by atoms with van der Waals surface area (Å²) in [5, 5.41) is 0. The Bertz CT molecular complexity index is 382. The fraction of sp³-hybridized carbons (Fsp3) is 0.333. The zero-order valence-electron chi connectivity index (χ0n) is 8.47. The predicted molar refractivity (Wildman–Crippen MR) is 54.6 cm³/mol. The maximum Gasteiger partial charge on any atom is 0.308 e. The highest BCUT2D eigenvalue weighted by Crippen LogP contribution is 2.48. The summed E-state index contributed by atoms with van der Waals surface area (Å²) in [6, 6.07) is 9.18. The number of alkyl halides is 2. The summed E-state index contributed by atoms with van der Waals surface area (Å²) >= 11 is 0. The molecule has 1 nitrogen and oxygen atoms in total. The molecule has 1 aromatic carbocycles. The number of hydrogen-bond acceptors (Lipinski definition) is 1. The number of halogens is 2. The van der Waals surface area contributed by atoms with Crippen molar-refractivity contribution in [3.8, 4) is 0 Å². The number of allylic oxidation sites excluding steroid dienone is 2. The molecule has 0 radical (unpaired) electrons. The molecule has 0 aromatic heterocycles. The van der Waals surface area contributed by atoms with Crippen LogP contribution in [-0.2, 0) is 4.74 Å². The van der Waals surface area contributed by atoms with E-state index in [9.17, 15) is 8.78 Å². The second-order valence-electron chi connectivity index (χ2n) is 3.49. The maximum absolute atomic E-state index is 13.1. The number of benzene rings is 1. The Labute approximate surface area is 87.4 Å². The fourth-order valence-electron chi connectivity index (χ4n) is 1.71. The van der Waals surface area contributed by atoms with Crippen LogP contribution in [0.25, 0.3) is 5.57 Å². The van der Waals surface area contributed by atoms with Crippen LogP contribution in [0.1, 0.15) is 18.9 Å². The van der Waals surface area contributed by atoms with Crippen molar-refractivity contribution >= 4 is 5.57 Å². The monoisotopic (exact) mass is 210 g/mol. The van der Waals surface area contributed by atoms with Crippen LogP contribution in [0, 0.1) is 0 Å². The van der Waals surface area contributed by atoms with Gasteiger partial charge in [-0.2, -0.15) is 8.78 Å². The highest BCUT2D eigenvalue weighted by molar-refractivity contribution is 5.75. The van der Waals surface area contributed by atoms with Gasteiger partial charge in [0.05, 0.1) is 6.61 Å². The fourth-order valence-corrected chi connectivity index (χ4v) is 1.71. The van der Waals surface area contributed by atoms with Crippen LogP contribution in [0.4, 0.5) is 8.78 Å². The second-order valence-corrected chi connectivity index (χ2v) is 3.49. The van der Waals surface area contributed by atoms with Crippen molar-refractivity contribution in [2.24, 2.45) is 0 Å². The highest BCUT2D eigenvalue weighted by atomic mass is 19.3. The normalized spacial score (nSPS) is 18.6. The summed E-state index contributed by atoms with van der Waals surface area (Å²) in [7, 11) is 0. The minimum atomic E-state index is -2.78. The molecular formula is C12H12F2O. The molecule has 0 unspecified atom stereocenters. The molecule has 1 aliphatic rings. The van der Waals surface area contributed by atoms with E-state index >= 15 is 0 Å². The molecule has 0 atom stereocenters. The van der Waals surface area contributed by atoms with E-state index < -0.39 is 5.92 Å². The van der Waals surface area contributed by atoms with E-state index in [-0.39, 0.29) is 18.8 Å². The summed E-state index contributed by atoms with van der Waals surface area (Å²) in [5.74, 6) is -2.93. The molecule has 2 rings (SSSR count). The molecule has 1 aliphatic carbocycles. The van der Waals surface area contributed by atoms with Gasteiger partial charge in [0.25, 0.3) is 0 Å². The van der Waals surface area contributed by atoms with Crippen LogP contribution < -0.4 is 0 Å². The first-order valence-electron chi connectivity index (χ1n) is 4.95. The third-order valence-corrected chi connectivity index (χ3v) is 2.42. The van der Waals surface area contributed by atoms with Gasteiger partial charge in [0.2, 0.25) is 0 Å². The van der Waals surface area contributed by atoms with Crippen molar-refractivity contribution in [2.75, 3.05) is 6.61 Å². The third kappa shape index (κ3) is 1.74. The van der Waals surface area contributed by atoms with Crippen molar-refractivity contribution in [1.82, 2.24) is 0 Å². The average Bonchev–Trinajstić information content (AvgIpc) is 2.24. The maximum atomic E-state index is 13.1. The van der Waals surface area contributed by atoms with E-state index in [0.717, 1.165) is 5.56 Å². The van der Waals surface area contributed by atoms with Gasteiger partial charge < -0.3 is 4.74 Å². The molecule has 3 heteroatoms. The van der Waals surface area contributed by atoms with Gasteiger partial charge in [-0.1, -0.05) is 30.3 Å². The Kier molecular flexibility index (Phi) is 2.47.